The second kappa shape index (κ2) is 8.28. The molecule has 1 aliphatic rings. The Morgan fingerprint density at radius 3 is 2.59 bits per heavy atom. The molecule has 176 valence electrons. The fraction of sp³-hybridized carbons (Fsp3) is 0.292. The number of nitrogens with one attached hydrogen (secondary N) is 1. The van der Waals surface area contributed by atoms with Gasteiger partial charge in [0.2, 0.25) is 5.91 Å². The number of hydrogen-bond acceptors (Lipinski definition) is 6. The molecule has 1 saturated heterocycles. The lowest BCUT2D eigenvalue weighted by Crippen LogP contribution is -2.28. The van der Waals surface area contributed by atoms with Gasteiger partial charge in [0.25, 0.3) is 0 Å². The average molecular weight is 480 g/mol. The van der Waals surface area contributed by atoms with E-state index in [-0.39, 0.29) is 16.8 Å². The van der Waals surface area contributed by atoms with Gasteiger partial charge in [0.15, 0.2) is 15.7 Å². The van der Waals surface area contributed by atoms with Crippen LogP contribution in [0.1, 0.15) is 31.4 Å². The van der Waals surface area contributed by atoms with Gasteiger partial charge >= 0.3 is 0 Å². The van der Waals surface area contributed by atoms with Gasteiger partial charge in [-0.25, -0.2) is 13.4 Å². The summed E-state index contributed by atoms with van der Waals surface area (Å²) in [6, 6.07) is 11.9. The zero-order valence-corrected chi connectivity index (χ0v) is 20.0. The second-order valence-electron chi connectivity index (χ2n) is 8.58. The highest BCUT2D eigenvalue weighted by molar-refractivity contribution is 7.90. The number of carbonyl (C=O) groups is 1. The number of likely N-dealkylation sites (tertiary alicyclic amines) is 1. The SMILES string of the molecule is CC(=O)N1CCCC1c1cc2[nH]c(-c3ccn(C)n3)nc2cc1Oc1ccc(S(C)(=O)=O)cc1. The first kappa shape index (κ1) is 22.1. The molecule has 0 radical (unpaired) electrons. The molecule has 0 aliphatic carbocycles. The maximum Gasteiger partial charge on any atom is 0.219 e. The third-order valence-electron chi connectivity index (χ3n) is 6.07. The Morgan fingerprint density at radius 2 is 1.94 bits per heavy atom. The lowest BCUT2D eigenvalue weighted by Gasteiger charge is -2.25. The molecule has 3 heterocycles. The van der Waals surface area contributed by atoms with Gasteiger partial charge in [-0.15, -0.1) is 0 Å². The van der Waals surface area contributed by atoms with Crippen LogP contribution >= 0.6 is 0 Å². The number of nitrogens with zero attached hydrogens (tertiary/aromatic N) is 4. The van der Waals surface area contributed by atoms with Gasteiger partial charge < -0.3 is 14.6 Å². The van der Waals surface area contributed by atoms with Crippen LogP contribution in [0.5, 0.6) is 11.5 Å². The van der Waals surface area contributed by atoms with E-state index in [9.17, 15) is 13.2 Å². The number of imidazole rings is 1. The molecule has 1 fully saturated rings. The third kappa shape index (κ3) is 4.16. The summed E-state index contributed by atoms with van der Waals surface area (Å²) < 4.78 is 31.6. The topological polar surface area (TPSA) is 110 Å². The first-order valence-electron chi connectivity index (χ1n) is 11.0. The standard InChI is InChI=1S/C24H25N5O4S/c1-15(30)29-11-4-5-22(29)18-13-20-21(26-24(25-20)19-10-12-28(2)27-19)14-23(18)33-16-6-8-17(9-7-16)34(3,31)32/h6-10,12-14,22H,4-5,11H2,1-3H3,(H,25,26). The van der Waals surface area contributed by atoms with E-state index in [0.717, 1.165) is 29.6 Å². The van der Waals surface area contributed by atoms with Crippen LogP contribution in [0.2, 0.25) is 0 Å². The highest BCUT2D eigenvalue weighted by atomic mass is 32.2. The summed E-state index contributed by atoms with van der Waals surface area (Å²) in [6.07, 6.45) is 4.76. The van der Waals surface area contributed by atoms with E-state index in [2.05, 4.69) is 10.1 Å². The van der Waals surface area contributed by atoms with Crippen molar-refractivity contribution in [1.82, 2.24) is 24.6 Å². The molecular formula is C24H25N5O4S. The van der Waals surface area contributed by atoms with E-state index in [0.29, 0.717) is 29.4 Å². The Labute approximate surface area is 197 Å². The quantitative estimate of drug-likeness (QED) is 0.466. The van der Waals surface area contributed by atoms with Crippen LogP contribution in [0.3, 0.4) is 0 Å². The molecule has 1 aliphatic heterocycles. The van der Waals surface area contributed by atoms with Crippen molar-refractivity contribution in [1.29, 1.82) is 0 Å². The van der Waals surface area contributed by atoms with E-state index >= 15 is 0 Å². The summed E-state index contributed by atoms with van der Waals surface area (Å²) in [5.74, 6) is 1.74. The maximum atomic E-state index is 12.3. The molecule has 34 heavy (non-hydrogen) atoms. The van der Waals surface area contributed by atoms with Crippen molar-refractivity contribution in [3.8, 4) is 23.0 Å². The van der Waals surface area contributed by atoms with Crippen LogP contribution in [0, 0.1) is 0 Å². The van der Waals surface area contributed by atoms with Gasteiger partial charge in [-0.05, 0) is 49.2 Å². The minimum atomic E-state index is -3.30. The smallest absolute Gasteiger partial charge is 0.219 e. The Balaban J connectivity index is 1.59. The Bertz CT molecular complexity index is 1490. The fourth-order valence-corrected chi connectivity index (χ4v) is 5.05. The molecule has 0 spiro atoms. The molecule has 1 N–H and O–H groups in total. The Morgan fingerprint density at radius 1 is 1.18 bits per heavy atom. The molecular weight excluding hydrogens is 454 g/mol. The summed E-state index contributed by atoms with van der Waals surface area (Å²) in [5.41, 5.74) is 3.14. The highest BCUT2D eigenvalue weighted by Gasteiger charge is 2.31. The van der Waals surface area contributed by atoms with Gasteiger partial charge in [0.05, 0.1) is 22.0 Å². The number of amides is 1. The lowest BCUT2D eigenvalue weighted by molar-refractivity contribution is -0.129. The van der Waals surface area contributed by atoms with Crippen molar-refractivity contribution in [3.63, 3.8) is 0 Å². The van der Waals surface area contributed by atoms with Crippen LogP contribution in [0.15, 0.2) is 53.6 Å². The summed E-state index contributed by atoms with van der Waals surface area (Å²) in [5, 5.41) is 4.42. The van der Waals surface area contributed by atoms with Crippen molar-refractivity contribution in [3.05, 3.63) is 54.2 Å². The van der Waals surface area contributed by atoms with Crippen LogP contribution in [-0.2, 0) is 21.7 Å². The number of sulfone groups is 1. The Kier molecular flexibility index (Phi) is 5.40. The first-order chi connectivity index (χ1) is 16.2. The number of ether oxygens (including phenoxy) is 1. The highest BCUT2D eigenvalue weighted by Crippen LogP contribution is 2.41. The second-order valence-corrected chi connectivity index (χ2v) is 10.6. The molecule has 5 rings (SSSR count). The minimum absolute atomic E-state index is 0.0184. The van der Waals surface area contributed by atoms with Gasteiger partial charge in [0.1, 0.15) is 17.2 Å². The molecule has 1 atom stereocenters. The van der Waals surface area contributed by atoms with Crippen LogP contribution in [-0.4, -0.2) is 51.8 Å². The zero-order valence-electron chi connectivity index (χ0n) is 19.1. The minimum Gasteiger partial charge on any atom is -0.457 e. The molecule has 0 saturated carbocycles. The number of aromatic amines is 1. The molecule has 1 unspecified atom stereocenters. The first-order valence-corrected chi connectivity index (χ1v) is 12.9. The van der Waals surface area contributed by atoms with E-state index in [1.54, 1.807) is 23.7 Å². The summed E-state index contributed by atoms with van der Waals surface area (Å²) in [7, 11) is -1.45. The molecule has 4 aromatic rings. The summed E-state index contributed by atoms with van der Waals surface area (Å²) >= 11 is 0. The van der Waals surface area contributed by atoms with Gasteiger partial charge in [0, 0.05) is 44.6 Å². The maximum absolute atomic E-state index is 12.3. The zero-order chi connectivity index (χ0) is 24.0. The summed E-state index contributed by atoms with van der Waals surface area (Å²) in [4.78, 5) is 22.4. The lowest BCUT2D eigenvalue weighted by atomic mass is 10.0. The molecule has 9 nitrogen and oxygen atoms in total. The van der Waals surface area contributed by atoms with Crippen LogP contribution < -0.4 is 4.74 Å². The van der Waals surface area contributed by atoms with Crippen molar-refractivity contribution >= 4 is 26.8 Å². The number of benzene rings is 2. The van der Waals surface area contributed by atoms with Gasteiger partial charge in [-0.1, -0.05) is 0 Å². The molecule has 2 aromatic carbocycles. The predicted octanol–water partition coefficient (Wildman–Crippen LogP) is 3.84. The van der Waals surface area contributed by atoms with E-state index in [1.807, 2.05) is 36.3 Å². The monoisotopic (exact) mass is 479 g/mol. The van der Waals surface area contributed by atoms with E-state index in [4.69, 9.17) is 9.72 Å². The number of carbonyl (C=O) groups excluding carboxylic acids is 1. The van der Waals surface area contributed by atoms with Crippen LogP contribution in [0.4, 0.5) is 0 Å². The van der Waals surface area contributed by atoms with Crippen molar-refractivity contribution in [2.45, 2.75) is 30.7 Å². The Hall–Kier alpha value is -3.66. The normalized spacial score (nSPS) is 16.3. The van der Waals surface area contributed by atoms with E-state index < -0.39 is 9.84 Å². The van der Waals surface area contributed by atoms with Gasteiger partial charge in [-0.3, -0.25) is 9.48 Å². The number of aromatic nitrogens is 4. The van der Waals surface area contributed by atoms with Crippen molar-refractivity contribution in [2.24, 2.45) is 7.05 Å². The number of H-pyrrole nitrogens is 1. The van der Waals surface area contributed by atoms with Crippen molar-refractivity contribution in [2.75, 3.05) is 12.8 Å². The average Bonchev–Trinajstić information content (AvgIpc) is 3.51. The molecule has 0 bridgehead atoms. The number of hydrogen-bond donors (Lipinski definition) is 1. The number of aryl methyl sites for hydroxylation is 1. The molecule has 2 aromatic heterocycles. The third-order valence-corrected chi connectivity index (χ3v) is 7.19. The summed E-state index contributed by atoms with van der Waals surface area (Å²) in [6.45, 7) is 2.28. The predicted molar refractivity (Wildman–Crippen MR) is 127 cm³/mol. The molecule has 10 heteroatoms. The number of fused-ring (bicyclic) bond motifs is 1. The number of rotatable bonds is 5. The molecule has 1 amide bonds. The van der Waals surface area contributed by atoms with Gasteiger partial charge in [-0.2, -0.15) is 5.10 Å². The van der Waals surface area contributed by atoms with Crippen molar-refractivity contribution < 1.29 is 17.9 Å². The van der Waals surface area contributed by atoms with Crippen LogP contribution in [0.25, 0.3) is 22.6 Å². The largest absolute Gasteiger partial charge is 0.457 e. The fourth-order valence-electron chi connectivity index (χ4n) is 4.41. The van der Waals surface area contributed by atoms with E-state index in [1.165, 1.54) is 18.4 Å².